The highest BCUT2D eigenvalue weighted by atomic mass is 16.5. The molecule has 0 atom stereocenters. The van der Waals surface area contributed by atoms with E-state index in [0.29, 0.717) is 24.6 Å². The van der Waals surface area contributed by atoms with Gasteiger partial charge in [-0.1, -0.05) is 6.07 Å². The van der Waals surface area contributed by atoms with Crippen molar-refractivity contribution >= 4 is 22.4 Å². The lowest BCUT2D eigenvalue weighted by Gasteiger charge is -2.29. The van der Waals surface area contributed by atoms with Crippen LogP contribution in [0.15, 0.2) is 24.5 Å². The maximum Gasteiger partial charge on any atom is 0.185 e. The maximum atomic E-state index is 9.27. The van der Waals surface area contributed by atoms with Crippen LogP contribution in [0.2, 0.25) is 0 Å². The van der Waals surface area contributed by atoms with Crippen molar-refractivity contribution in [2.24, 2.45) is 0 Å². The highest BCUT2D eigenvalue weighted by Gasteiger charge is 2.21. The van der Waals surface area contributed by atoms with E-state index < -0.39 is 0 Å². The number of rotatable bonds is 2. The number of hydrogen-bond acceptors (Lipinski definition) is 6. The molecule has 3 heterocycles. The van der Waals surface area contributed by atoms with Gasteiger partial charge in [0.05, 0.1) is 31.2 Å². The first-order valence-electron chi connectivity index (χ1n) is 7.40. The van der Waals surface area contributed by atoms with E-state index in [2.05, 4.69) is 16.0 Å². The first kappa shape index (κ1) is 13.8. The highest BCUT2D eigenvalue weighted by molar-refractivity contribution is 5.97. The summed E-state index contributed by atoms with van der Waals surface area (Å²) in [5.41, 5.74) is 1.81. The van der Waals surface area contributed by atoms with Crippen LogP contribution in [0.4, 0.5) is 5.82 Å². The molecule has 3 aromatic rings. The number of fused-ring (bicyclic) bond motifs is 3. The Morgan fingerprint density at radius 3 is 2.87 bits per heavy atom. The van der Waals surface area contributed by atoms with E-state index in [9.17, 15) is 5.26 Å². The molecular formula is C16H15N5O2. The molecule has 0 bridgehead atoms. The van der Waals surface area contributed by atoms with Crippen molar-refractivity contribution in [1.82, 2.24) is 14.4 Å². The molecule has 116 valence electrons. The van der Waals surface area contributed by atoms with Crippen LogP contribution in [0.1, 0.15) is 5.69 Å². The zero-order valence-electron chi connectivity index (χ0n) is 12.7. The van der Waals surface area contributed by atoms with Gasteiger partial charge in [0, 0.05) is 13.1 Å². The van der Waals surface area contributed by atoms with Gasteiger partial charge in [-0.25, -0.2) is 9.97 Å². The minimum Gasteiger partial charge on any atom is -0.496 e. The Morgan fingerprint density at radius 1 is 1.30 bits per heavy atom. The monoisotopic (exact) mass is 309 g/mol. The Morgan fingerprint density at radius 2 is 2.13 bits per heavy atom. The average molecular weight is 309 g/mol. The lowest BCUT2D eigenvalue weighted by atomic mass is 10.2. The predicted molar refractivity (Wildman–Crippen MR) is 84.8 cm³/mol. The van der Waals surface area contributed by atoms with Gasteiger partial charge in [-0.3, -0.25) is 4.40 Å². The summed E-state index contributed by atoms with van der Waals surface area (Å²) in [4.78, 5) is 11.1. The molecule has 1 aliphatic heterocycles. The topological polar surface area (TPSA) is 75.7 Å². The van der Waals surface area contributed by atoms with Crippen LogP contribution in [-0.4, -0.2) is 47.8 Å². The summed E-state index contributed by atoms with van der Waals surface area (Å²) in [6.45, 7) is 2.83. The molecule has 0 saturated carbocycles. The molecule has 1 fully saturated rings. The zero-order valence-corrected chi connectivity index (χ0v) is 12.7. The van der Waals surface area contributed by atoms with E-state index in [1.807, 2.05) is 22.6 Å². The molecule has 23 heavy (non-hydrogen) atoms. The van der Waals surface area contributed by atoms with Crippen molar-refractivity contribution in [2.75, 3.05) is 38.3 Å². The van der Waals surface area contributed by atoms with Crippen molar-refractivity contribution in [3.05, 3.63) is 30.2 Å². The number of morpholine rings is 1. The van der Waals surface area contributed by atoms with Gasteiger partial charge in [0.1, 0.15) is 24.0 Å². The van der Waals surface area contributed by atoms with Gasteiger partial charge < -0.3 is 14.4 Å². The van der Waals surface area contributed by atoms with Crippen molar-refractivity contribution in [3.63, 3.8) is 0 Å². The van der Waals surface area contributed by atoms with Crippen LogP contribution in [-0.2, 0) is 4.74 Å². The Bertz CT molecular complexity index is 921. The molecule has 0 aliphatic carbocycles. The summed E-state index contributed by atoms with van der Waals surface area (Å²) in [5, 5.41) is 10.2. The van der Waals surface area contributed by atoms with Gasteiger partial charge in [0.15, 0.2) is 11.3 Å². The van der Waals surface area contributed by atoms with Gasteiger partial charge in [-0.15, -0.1) is 0 Å². The third-order valence-corrected chi connectivity index (χ3v) is 4.08. The molecule has 1 aromatic carbocycles. The number of nitrogens with zero attached hydrogens (tertiary/aromatic N) is 5. The van der Waals surface area contributed by atoms with E-state index in [1.54, 1.807) is 13.4 Å². The molecule has 7 heteroatoms. The molecular weight excluding hydrogens is 294 g/mol. The van der Waals surface area contributed by atoms with Crippen LogP contribution in [0.3, 0.4) is 0 Å². The minimum atomic E-state index is 0.323. The fourth-order valence-electron chi connectivity index (χ4n) is 2.98. The van der Waals surface area contributed by atoms with Crippen molar-refractivity contribution in [3.8, 4) is 11.8 Å². The number of benzene rings is 1. The number of hydrogen-bond donors (Lipinski definition) is 0. The van der Waals surface area contributed by atoms with Crippen LogP contribution >= 0.6 is 0 Å². The second-order valence-electron chi connectivity index (χ2n) is 5.29. The third kappa shape index (κ3) is 2.07. The Kier molecular flexibility index (Phi) is 3.24. The molecule has 7 nitrogen and oxygen atoms in total. The molecule has 4 rings (SSSR count). The molecule has 0 spiro atoms. The SMILES string of the molecule is COc1cccc2c1c(N1CCOCC1)nc1c(C#N)ncn12. The van der Waals surface area contributed by atoms with E-state index in [4.69, 9.17) is 14.5 Å². The van der Waals surface area contributed by atoms with Crippen molar-refractivity contribution in [2.45, 2.75) is 0 Å². The molecule has 1 aliphatic rings. The fourth-order valence-corrected chi connectivity index (χ4v) is 2.98. The van der Waals surface area contributed by atoms with Gasteiger partial charge in [0.25, 0.3) is 0 Å². The summed E-state index contributed by atoms with van der Waals surface area (Å²) >= 11 is 0. The van der Waals surface area contributed by atoms with Gasteiger partial charge in [-0.2, -0.15) is 5.26 Å². The van der Waals surface area contributed by atoms with Gasteiger partial charge in [-0.05, 0) is 12.1 Å². The Labute approximate surface area is 132 Å². The lowest BCUT2D eigenvalue weighted by molar-refractivity contribution is 0.122. The van der Waals surface area contributed by atoms with Crippen LogP contribution in [0, 0.1) is 11.3 Å². The number of anilines is 1. The standard InChI is InChI=1S/C16H15N5O2/c1-22-13-4-2-3-12-14(13)16(20-5-7-23-8-6-20)19-15-11(9-17)18-10-21(12)15/h2-4,10H,5-8H2,1H3. The summed E-state index contributed by atoms with van der Waals surface area (Å²) in [6, 6.07) is 7.93. The second-order valence-corrected chi connectivity index (χ2v) is 5.29. The second kappa shape index (κ2) is 5.41. The predicted octanol–water partition coefficient (Wildman–Crippen LogP) is 1.60. The molecule has 0 radical (unpaired) electrons. The number of methoxy groups -OCH3 is 1. The first-order chi connectivity index (χ1) is 11.3. The molecule has 0 N–H and O–H groups in total. The number of ether oxygens (including phenoxy) is 2. The normalized spacial score (nSPS) is 15.0. The molecule has 1 saturated heterocycles. The number of nitriles is 1. The van der Waals surface area contributed by atoms with Gasteiger partial charge >= 0.3 is 0 Å². The number of imidazole rings is 1. The van der Waals surface area contributed by atoms with Crippen molar-refractivity contribution < 1.29 is 9.47 Å². The van der Waals surface area contributed by atoms with Crippen LogP contribution in [0.5, 0.6) is 5.75 Å². The zero-order chi connectivity index (χ0) is 15.8. The van der Waals surface area contributed by atoms with Crippen LogP contribution in [0.25, 0.3) is 16.6 Å². The average Bonchev–Trinajstić information content (AvgIpc) is 3.04. The number of aromatic nitrogens is 3. The summed E-state index contributed by atoms with van der Waals surface area (Å²) in [5.74, 6) is 1.57. The van der Waals surface area contributed by atoms with Gasteiger partial charge in [0.2, 0.25) is 0 Å². The summed E-state index contributed by atoms with van der Waals surface area (Å²) < 4.78 is 12.8. The quantitative estimate of drug-likeness (QED) is 0.716. The highest BCUT2D eigenvalue weighted by Crippen LogP contribution is 2.34. The fraction of sp³-hybridized carbons (Fsp3) is 0.312. The maximum absolute atomic E-state index is 9.27. The first-order valence-corrected chi connectivity index (χ1v) is 7.40. The molecule has 0 amide bonds. The lowest BCUT2D eigenvalue weighted by Crippen LogP contribution is -2.37. The van der Waals surface area contributed by atoms with E-state index in [-0.39, 0.29) is 0 Å². The molecule has 0 unspecified atom stereocenters. The van der Waals surface area contributed by atoms with E-state index >= 15 is 0 Å². The Balaban J connectivity index is 2.09. The largest absolute Gasteiger partial charge is 0.496 e. The minimum absolute atomic E-state index is 0.323. The summed E-state index contributed by atoms with van der Waals surface area (Å²) in [7, 11) is 1.65. The van der Waals surface area contributed by atoms with Crippen molar-refractivity contribution in [1.29, 1.82) is 5.26 Å². The van der Waals surface area contributed by atoms with E-state index in [0.717, 1.165) is 35.6 Å². The smallest absolute Gasteiger partial charge is 0.185 e. The molecule has 2 aromatic heterocycles. The summed E-state index contributed by atoms with van der Waals surface area (Å²) in [6.07, 6.45) is 1.63. The van der Waals surface area contributed by atoms with Crippen LogP contribution < -0.4 is 9.64 Å². The third-order valence-electron chi connectivity index (χ3n) is 4.08. The Hall–Kier alpha value is -2.85. The van der Waals surface area contributed by atoms with E-state index in [1.165, 1.54) is 0 Å².